The first-order chi connectivity index (χ1) is 8.33. The Morgan fingerprint density at radius 2 is 2.12 bits per heavy atom. The number of benzene rings is 1. The van der Waals surface area contributed by atoms with Gasteiger partial charge in [0.15, 0.2) is 5.13 Å². The molecular weight excluding hydrogens is 234 g/mol. The highest BCUT2D eigenvalue weighted by Gasteiger charge is 2.03. The van der Waals surface area contributed by atoms with Crippen molar-refractivity contribution in [2.24, 2.45) is 5.84 Å². The maximum absolute atomic E-state index is 5.52. The molecule has 2 aromatic rings. The van der Waals surface area contributed by atoms with Crippen molar-refractivity contribution in [2.45, 2.75) is 13.3 Å². The number of nitrogens with one attached hydrogen (secondary N) is 1. The van der Waals surface area contributed by atoms with Gasteiger partial charge in [0.25, 0.3) is 0 Å². The molecule has 1 aromatic heterocycles. The van der Waals surface area contributed by atoms with Crippen LogP contribution >= 0.6 is 11.3 Å². The maximum Gasteiger partial charge on any atom is 0.197 e. The van der Waals surface area contributed by atoms with Crippen LogP contribution in [0.15, 0.2) is 29.6 Å². The lowest BCUT2D eigenvalue weighted by Gasteiger charge is -2.04. The molecule has 0 aliphatic carbocycles. The van der Waals surface area contributed by atoms with Gasteiger partial charge in [0.05, 0.1) is 12.3 Å². The molecule has 5 heteroatoms. The Hall–Kier alpha value is -1.59. The number of thiazole rings is 1. The molecule has 0 atom stereocenters. The van der Waals surface area contributed by atoms with Crippen LogP contribution in [0.2, 0.25) is 0 Å². The van der Waals surface area contributed by atoms with Crippen LogP contribution in [0.5, 0.6) is 5.75 Å². The number of hydrogen-bond donors (Lipinski definition) is 2. The molecule has 2 rings (SSSR count). The van der Waals surface area contributed by atoms with Crippen LogP contribution in [-0.4, -0.2) is 11.6 Å². The second kappa shape index (κ2) is 5.65. The maximum atomic E-state index is 5.52. The van der Waals surface area contributed by atoms with Gasteiger partial charge in [0.1, 0.15) is 5.75 Å². The van der Waals surface area contributed by atoms with Gasteiger partial charge in [-0.25, -0.2) is 10.8 Å². The summed E-state index contributed by atoms with van der Waals surface area (Å²) in [6, 6.07) is 7.92. The molecule has 1 heterocycles. The summed E-state index contributed by atoms with van der Waals surface area (Å²) in [6.07, 6.45) is 1.01. The number of nitrogens with two attached hydrogens (primary N) is 1. The van der Waals surface area contributed by atoms with Crippen LogP contribution in [0.3, 0.4) is 0 Å². The number of hydrogen-bond acceptors (Lipinski definition) is 5. The van der Waals surface area contributed by atoms with E-state index in [9.17, 15) is 0 Å². The molecule has 0 saturated carbocycles. The van der Waals surface area contributed by atoms with E-state index in [1.165, 1.54) is 11.3 Å². The van der Waals surface area contributed by atoms with E-state index in [4.69, 9.17) is 10.6 Å². The Morgan fingerprint density at radius 3 is 2.71 bits per heavy atom. The molecule has 4 nitrogen and oxygen atoms in total. The Bertz CT molecular complexity index is 467. The van der Waals surface area contributed by atoms with Crippen molar-refractivity contribution < 1.29 is 4.74 Å². The molecule has 0 bridgehead atoms. The van der Waals surface area contributed by atoms with Crippen LogP contribution < -0.4 is 16.0 Å². The minimum absolute atomic E-state index is 0.714. The van der Waals surface area contributed by atoms with Gasteiger partial charge >= 0.3 is 0 Å². The molecule has 0 aliphatic heterocycles. The van der Waals surface area contributed by atoms with Gasteiger partial charge in [-0.15, -0.1) is 11.3 Å². The Balaban J connectivity index is 2.11. The quantitative estimate of drug-likeness (QED) is 0.632. The van der Waals surface area contributed by atoms with Crippen molar-refractivity contribution in [3.63, 3.8) is 0 Å². The Labute approximate surface area is 104 Å². The third kappa shape index (κ3) is 2.95. The molecule has 0 spiro atoms. The van der Waals surface area contributed by atoms with Crippen molar-refractivity contribution in [3.8, 4) is 17.0 Å². The second-order valence-corrected chi connectivity index (χ2v) is 4.41. The number of hydrazine groups is 1. The van der Waals surface area contributed by atoms with Gasteiger partial charge in [0, 0.05) is 10.9 Å². The number of nitrogen functional groups attached to an aromatic ring is 1. The van der Waals surface area contributed by atoms with Crippen LogP contribution in [-0.2, 0) is 0 Å². The molecular formula is C12H15N3OS. The molecule has 1 aromatic carbocycles. The molecule has 17 heavy (non-hydrogen) atoms. The van der Waals surface area contributed by atoms with Gasteiger partial charge in [-0.05, 0) is 30.7 Å². The minimum Gasteiger partial charge on any atom is -0.494 e. The first-order valence-corrected chi connectivity index (χ1v) is 6.37. The van der Waals surface area contributed by atoms with E-state index in [1.807, 2.05) is 29.6 Å². The topological polar surface area (TPSA) is 60.2 Å². The lowest BCUT2D eigenvalue weighted by molar-refractivity contribution is 0.317. The molecule has 0 amide bonds. The average Bonchev–Trinajstić information content (AvgIpc) is 2.86. The molecule has 0 fully saturated rings. The van der Waals surface area contributed by atoms with E-state index < -0.39 is 0 Å². The van der Waals surface area contributed by atoms with Crippen LogP contribution in [0.25, 0.3) is 11.3 Å². The fraction of sp³-hybridized carbons (Fsp3) is 0.250. The van der Waals surface area contributed by atoms with E-state index in [2.05, 4.69) is 17.3 Å². The normalized spacial score (nSPS) is 10.2. The molecule has 0 saturated heterocycles. The minimum atomic E-state index is 0.714. The first-order valence-electron chi connectivity index (χ1n) is 5.49. The Kier molecular flexibility index (Phi) is 3.95. The van der Waals surface area contributed by atoms with Gasteiger partial charge < -0.3 is 4.74 Å². The van der Waals surface area contributed by atoms with Crippen molar-refractivity contribution in [3.05, 3.63) is 29.6 Å². The lowest BCUT2D eigenvalue weighted by Crippen LogP contribution is -2.05. The molecule has 90 valence electrons. The lowest BCUT2D eigenvalue weighted by atomic mass is 10.2. The van der Waals surface area contributed by atoms with Crippen LogP contribution in [0, 0.1) is 0 Å². The van der Waals surface area contributed by atoms with Crippen molar-refractivity contribution in [2.75, 3.05) is 12.0 Å². The first kappa shape index (κ1) is 11.9. The number of rotatable bonds is 5. The molecule has 3 N–H and O–H groups in total. The van der Waals surface area contributed by atoms with Gasteiger partial charge in [-0.2, -0.15) is 0 Å². The van der Waals surface area contributed by atoms with Crippen molar-refractivity contribution in [1.82, 2.24) is 4.98 Å². The predicted octanol–water partition coefficient (Wildman–Crippen LogP) is 2.88. The summed E-state index contributed by atoms with van der Waals surface area (Å²) >= 11 is 1.48. The van der Waals surface area contributed by atoms with E-state index in [1.54, 1.807) is 0 Å². The average molecular weight is 249 g/mol. The largest absolute Gasteiger partial charge is 0.494 e. The predicted molar refractivity (Wildman–Crippen MR) is 71.1 cm³/mol. The highest BCUT2D eigenvalue weighted by molar-refractivity contribution is 7.14. The number of ether oxygens (including phenoxy) is 1. The summed E-state index contributed by atoms with van der Waals surface area (Å²) < 4.78 is 5.52. The van der Waals surface area contributed by atoms with E-state index in [0.717, 1.165) is 30.0 Å². The van der Waals surface area contributed by atoms with Gasteiger partial charge in [0.2, 0.25) is 0 Å². The number of nitrogens with zero attached hydrogens (tertiary/aromatic N) is 1. The standard InChI is InChI=1S/C12H15N3OS/c1-2-7-16-10-5-3-9(4-6-10)11-8-17-12(14-11)15-13/h3-6,8H,2,7,13H2,1H3,(H,14,15). The fourth-order valence-electron chi connectivity index (χ4n) is 1.41. The summed E-state index contributed by atoms with van der Waals surface area (Å²) in [5.74, 6) is 6.19. The summed E-state index contributed by atoms with van der Waals surface area (Å²) in [7, 11) is 0. The summed E-state index contributed by atoms with van der Waals surface area (Å²) in [5.41, 5.74) is 4.52. The Morgan fingerprint density at radius 1 is 1.35 bits per heavy atom. The monoisotopic (exact) mass is 249 g/mol. The number of aromatic nitrogens is 1. The molecule has 0 aliphatic rings. The van der Waals surface area contributed by atoms with E-state index in [-0.39, 0.29) is 0 Å². The van der Waals surface area contributed by atoms with E-state index in [0.29, 0.717) is 5.13 Å². The highest BCUT2D eigenvalue weighted by Crippen LogP contribution is 2.25. The summed E-state index contributed by atoms with van der Waals surface area (Å²) in [6.45, 7) is 2.84. The zero-order chi connectivity index (χ0) is 12.1. The van der Waals surface area contributed by atoms with Crippen molar-refractivity contribution in [1.29, 1.82) is 0 Å². The smallest absolute Gasteiger partial charge is 0.197 e. The molecule has 0 unspecified atom stereocenters. The summed E-state index contributed by atoms with van der Waals surface area (Å²) in [4.78, 5) is 4.33. The SMILES string of the molecule is CCCOc1ccc(-c2csc(NN)n2)cc1. The van der Waals surface area contributed by atoms with Crippen molar-refractivity contribution >= 4 is 16.5 Å². The van der Waals surface area contributed by atoms with Gasteiger partial charge in [-0.3, -0.25) is 5.43 Å². The summed E-state index contributed by atoms with van der Waals surface area (Å²) in [5, 5.41) is 2.68. The van der Waals surface area contributed by atoms with Gasteiger partial charge in [-0.1, -0.05) is 6.92 Å². The fourth-order valence-corrected chi connectivity index (χ4v) is 2.05. The van der Waals surface area contributed by atoms with E-state index >= 15 is 0 Å². The third-order valence-corrected chi connectivity index (χ3v) is 3.02. The zero-order valence-electron chi connectivity index (χ0n) is 9.64. The number of anilines is 1. The van der Waals surface area contributed by atoms with Crippen LogP contribution in [0.1, 0.15) is 13.3 Å². The third-order valence-electron chi connectivity index (χ3n) is 2.25. The second-order valence-electron chi connectivity index (χ2n) is 3.56. The zero-order valence-corrected chi connectivity index (χ0v) is 10.5. The van der Waals surface area contributed by atoms with Crippen LogP contribution in [0.4, 0.5) is 5.13 Å². The highest BCUT2D eigenvalue weighted by atomic mass is 32.1. The molecule has 0 radical (unpaired) electrons.